The van der Waals surface area contributed by atoms with Gasteiger partial charge in [-0.15, -0.1) is 12.4 Å². The quantitative estimate of drug-likeness (QED) is 0.687. The van der Waals surface area contributed by atoms with Gasteiger partial charge in [-0.1, -0.05) is 12.1 Å². The molecule has 0 aliphatic carbocycles. The summed E-state index contributed by atoms with van der Waals surface area (Å²) in [4.78, 5) is 26.5. The fourth-order valence-electron chi connectivity index (χ4n) is 5.65. The summed E-state index contributed by atoms with van der Waals surface area (Å²) in [5.74, 6) is 0.694. The summed E-state index contributed by atoms with van der Waals surface area (Å²) in [5.41, 5.74) is 3.26. The van der Waals surface area contributed by atoms with Gasteiger partial charge in [-0.25, -0.2) is 0 Å². The Kier molecular flexibility index (Phi) is 7.17. The van der Waals surface area contributed by atoms with Gasteiger partial charge in [0.05, 0.1) is 17.1 Å². The van der Waals surface area contributed by atoms with E-state index < -0.39 is 0 Å². The van der Waals surface area contributed by atoms with Crippen molar-refractivity contribution in [3.63, 3.8) is 0 Å². The van der Waals surface area contributed by atoms with E-state index in [9.17, 15) is 9.59 Å². The van der Waals surface area contributed by atoms with E-state index in [1.807, 2.05) is 11.7 Å². The Morgan fingerprint density at radius 1 is 1.06 bits per heavy atom. The first kappa shape index (κ1) is 23.2. The molecule has 1 unspecified atom stereocenters. The van der Waals surface area contributed by atoms with Gasteiger partial charge >= 0.3 is 0 Å². The highest BCUT2D eigenvalue weighted by molar-refractivity contribution is 6.02. The Morgan fingerprint density at radius 2 is 1.81 bits per heavy atom. The molecular weight excluding hydrogens is 426 g/mol. The minimum absolute atomic E-state index is 0. The topological polar surface area (TPSA) is 79.3 Å². The van der Waals surface area contributed by atoms with Crippen LogP contribution in [0.5, 0.6) is 0 Å². The highest BCUT2D eigenvalue weighted by atomic mass is 35.5. The molecule has 1 aromatic heterocycles. The molecule has 1 aromatic carbocycles. The molecular formula is C24H34ClN5O2. The van der Waals surface area contributed by atoms with Crippen LogP contribution in [-0.2, 0) is 16.6 Å². The van der Waals surface area contributed by atoms with E-state index in [2.05, 4.69) is 38.8 Å². The van der Waals surface area contributed by atoms with Crippen LogP contribution in [0.2, 0.25) is 0 Å². The Hall–Kier alpha value is -1.96. The number of hydrogen-bond acceptors (Lipinski definition) is 5. The first-order chi connectivity index (χ1) is 15.1. The maximum absolute atomic E-state index is 12.4. The van der Waals surface area contributed by atoms with E-state index in [1.54, 1.807) is 0 Å². The molecule has 7 nitrogen and oxygen atoms in total. The maximum atomic E-state index is 12.4. The Balaban J connectivity index is 0.00000245. The predicted octanol–water partition coefficient (Wildman–Crippen LogP) is 2.69. The Morgan fingerprint density at radius 3 is 2.53 bits per heavy atom. The van der Waals surface area contributed by atoms with Gasteiger partial charge in [-0.3, -0.25) is 19.6 Å². The lowest BCUT2D eigenvalue weighted by atomic mass is 9.87. The number of aryl methyl sites for hydroxylation is 1. The first-order valence-electron chi connectivity index (χ1n) is 11.8. The summed E-state index contributed by atoms with van der Waals surface area (Å²) >= 11 is 0. The van der Waals surface area contributed by atoms with Crippen LogP contribution in [0.25, 0.3) is 10.9 Å². The molecule has 8 heteroatoms. The Labute approximate surface area is 195 Å². The van der Waals surface area contributed by atoms with Crippen molar-refractivity contribution in [3.8, 4) is 0 Å². The number of aromatic nitrogens is 2. The Bertz CT molecular complexity index is 976. The van der Waals surface area contributed by atoms with Gasteiger partial charge in [-0.2, -0.15) is 5.10 Å². The molecule has 3 fully saturated rings. The number of piperidine rings is 3. The minimum atomic E-state index is -0.342. The third kappa shape index (κ3) is 4.70. The molecule has 3 saturated heterocycles. The SMILES string of the molecule is Cl.Cn1nc(C2CCC(=O)NC2=O)c2ccc(C3CCN(CC4CCNCC4)CC3)cc21. The maximum Gasteiger partial charge on any atom is 0.235 e. The average molecular weight is 460 g/mol. The van der Waals surface area contributed by atoms with E-state index in [0.29, 0.717) is 18.8 Å². The number of nitrogens with zero attached hydrogens (tertiary/aromatic N) is 3. The molecule has 0 radical (unpaired) electrons. The summed E-state index contributed by atoms with van der Waals surface area (Å²) in [6.07, 6.45) is 5.94. The van der Waals surface area contributed by atoms with Gasteiger partial charge < -0.3 is 10.2 Å². The number of nitrogens with one attached hydrogen (secondary N) is 2. The fourth-order valence-corrected chi connectivity index (χ4v) is 5.65. The van der Waals surface area contributed by atoms with Crippen molar-refractivity contribution in [2.75, 3.05) is 32.7 Å². The molecule has 3 aliphatic rings. The van der Waals surface area contributed by atoms with Crippen molar-refractivity contribution in [1.29, 1.82) is 0 Å². The number of carbonyl (C=O) groups is 2. The van der Waals surface area contributed by atoms with Crippen LogP contribution in [0, 0.1) is 5.92 Å². The van der Waals surface area contributed by atoms with Crippen molar-refractivity contribution in [2.45, 2.75) is 50.4 Å². The summed E-state index contributed by atoms with van der Waals surface area (Å²) in [7, 11) is 1.95. The third-order valence-electron chi connectivity index (χ3n) is 7.51. The van der Waals surface area contributed by atoms with Gasteiger partial charge in [0.15, 0.2) is 0 Å². The number of rotatable bonds is 4. The minimum Gasteiger partial charge on any atom is -0.317 e. The number of benzene rings is 1. The average Bonchev–Trinajstić information content (AvgIpc) is 3.11. The second kappa shape index (κ2) is 9.89. The van der Waals surface area contributed by atoms with Crippen molar-refractivity contribution in [2.24, 2.45) is 13.0 Å². The molecule has 5 rings (SSSR count). The molecule has 32 heavy (non-hydrogen) atoms. The summed E-state index contributed by atoms with van der Waals surface area (Å²) in [5, 5.41) is 11.6. The number of imide groups is 1. The van der Waals surface area contributed by atoms with E-state index in [4.69, 9.17) is 0 Å². The van der Waals surface area contributed by atoms with Gasteiger partial charge in [0.1, 0.15) is 0 Å². The van der Waals surface area contributed by atoms with Crippen LogP contribution < -0.4 is 10.6 Å². The lowest BCUT2D eigenvalue weighted by Gasteiger charge is -2.35. The number of likely N-dealkylation sites (tertiary alicyclic amines) is 1. The van der Waals surface area contributed by atoms with E-state index in [1.165, 1.54) is 64.0 Å². The molecule has 0 saturated carbocycles. The van der Waals surface area contributed by atoms with Crippen LogP contribution in [0.1, 0.15) is 61.6 Å². The molecule has 0 spiro atoms. The zero-order chi connectivity index (χ0) is 21.4. The molecule has 3 aliphatic heterocycles. The van der Waals surface area contributed by atoms with Crippen LogP contribution in [-0.4, -0.2) is 59.2 Å². The van der Waals surface area contributed by atoms with Crippen LogP contribution in [0.4, 0.5) is 0 Å². The summed E-state index contributed by atoms with van der Waals surface area (Å²) in [6.45, 7) is 5.96. The van der Waals surface area contributed by atoms with Crippen LogP contribution in [0.15, 0.2) is 18.2 Å². The number of halogens is 1. The molecule has 2 N–H and O–H groups in total. The van der Waals surface area contributed by atoms with Crippen molar-refractivity contribution < 1.29 is 9.59 Å². The number of hydrogen-bond donors (Lipinski definition) is 2. The highest BCUT2D eigenvalue weighted by Crippen LogP contribution is 2.34. The number of fused-ring (bicyclic) bond motifs is 1. The first-order valence-corrected chi connectivity index (χ1v) is 11.8. The second-order valence-corrected chi connectivity index (χ2v) is 9.56. The lowest BCUT2D eigenvalue weighted by molar-refractivity contribution is -0.134. The van der Waals surface area contributed by atoms with Gasteiger partial charge in [0, 0.05) is 25.4 Å². The predicted molar refractivity (Wildman–Crippen MR) is 127 cm³/mol. The van der Waals surface area contributed by atoms with E-state index in [0.717, 1.165) is 22.5 Å². The van der Waals surface area contributed by atoms with Crippen LogP contribution in [0.3, 0.4) is 0 Å². The van der Waals surface area contributed by atoms with Crippen molar-refractivity contribution >= 4 is 35.1 Å². The number of carbonyl (C=O) groups excluding carboxylic acids is 2. The van der Waals surface area contributed by atoms with Gasteiger partial charge in [0.25, 0.3) is 0 Å². The van der Waals surface area contributed by atoms with Gasteiger partial charge in [0.2, 0.25) is 11.8 Å². The standard InChI is InChI=1S/C24H33N5O2.ClH/c1-28-21-14-18(17-8-12-29(13-9-17)15-16-6-10-25-11-7-16)2-3-19(21)23(27-28)20-4-5-22(30)26-24(20)31;/h2-3,14,16-17,20,25H,4-13,15H2,1H3,(H,26,30,31);1H. The summed E-state index contributed by atoms with van der Waals surface area (Å²) < 4.78 is 1.89. The van der Waals surface area contributed by atoms with Crippen molar-refractivity contribution in [1.82, 2.24) is 25.3 Å². The molecule has 2 amide bonds. The smallest absolute Gasteiger partial charge is 0.235 e. The van der Waals surface area contributed by atoms with Gasteiger partial charge in [-0.05, 0) is 81.7 Å². The molecule has 0 bridgehead atoms. The number of amides is 2. The fraction of sp³-hybridized carbons (Fsp3) is 0.625. The zero-order valence-electron chi connectivity index (χ0n) is 18.8. The van der Waals surface area contributed by atoms with Crippen LogP contribution >= 0.6 is 12.4 Å². The second-order valence-electron chi connectivity index (χ2n) is 9.56. The normalized spacial score (nSPS) is 23.8. The molecule has 1 atom stereocenters. The monoisotopic (exact) mass is 459 g/mol. The van der Waals surface area contributed by atoms with E-state index >= 15 is 0 Å². The molecule has 2 aromatic rings. The highest BCUT2D eigenvalue weighted by Gasteiger charge is 2.32. The summed E-state index contributed by atoms with van der Waals surface area (Å²) in [6, 6.07) is 6.63. The third-order valence-corrected chi connectivity index (χ3v) is 7.51. The molecule has 4 heterocycles. The zero-order valence-corrected chi connectivity index (χ0v) is 19.6. The van der Waals surface area contributed by atoms with Crippen molar-refractivity contribution in [3.05, 3.63) is 29.5 Å². The molecule has 174 valence electrons. The largest absolute Gasteiger partial charge is 0.317 e. The van der Waals surface area contributed by atoms with E-state index in [-0.39, 0.29) is 30.1 Å². The lowest BCUT2D eigenvalue weighted by Crippen LogP contribution is -2.39.